The summed E-state index contributed by atoms with van der Waals surface area (Å²) < 4.78 is 36.2. The second-order valence-corrected chi connectivity index (χ2v) is 4.05. The van der Waals surface area contributed by atoms with E-state index in [2.05, 4.69) is 5.32 Å². The zero-order chi connectivity index (χ0) is 11.5. The van der Waals surface area contributed by atoms with Crippen LogP contribution in [0.3, 0.4) is 0 Å². The highest BCUT2D eigenvalue weighted by atomic mass is 19.4. The van der Waals surface area contributed by atoms with Crippen molar-refractivity contribution in [3.63, 3.8) is 0 Å². The van der Waals surface area contributed by atoms with Crippen molar-refractivity contribution in [1.82, 2.24) is 5.32 Å². The molecule has 0 saturated heterocycles. The normalized spacial score (nSPS) is 31.5. The lowest BCUT2D eigenvalue weighted by Gasteiger charge is -2.29. The second-order valence-electron chi connectivity index (χ2n) is 4.05. The maximum Gasteiger partial charge on any atom is 0.401 e. The van der Waals surface area contributed by atoms with E-state index in [-0.39, 0.29) is 5.92 Å². The van der Waals surface area contributed by atoms with Crippen LogP contribution in [0.5, 0.6) is 0 Å². The van der Waals surface area contributed by atoms with Crippen LogP contribution in [0.4, 0.5) is 13.2 Å². The van der Waals surface area contributed by atoms with E-state index in [1.807, 2.05) is 13.0 Å². The summed E-state index contributed by atoms with van der Waals surface area (Å²) in [5.74, 6) is 0.0462. The lowest BCUT2D eigenvalue weighted by molar-refractivity contribution is -0.128. The van der Waals surface area contributed by atoms with Gasteiger partial charge < -0.3 is 0 Å². The molecule has 0 heterocycles. The van der Waals surface area contributed by atoms with Crippen molar-refractivity contribution >= 4 is 0 Å². The van der Waals surface area contributed by atoms with Gasteiger partial charge in [0.1, 0.15) is 5.54 Å². The average molecular weight is 220 g/mol. The van der Waals surface area contributed by atoms with E-state index in [0.29, 0.717) is 6.42 Å². The molecule has 1 fully saturated rings. The first-order chi connectivity index (χ1) is 6.93. The molecule has 2 atom stereocenters. The fourth-order valence-electron chi connectivity index (χ4n) is 2.31. The Balaban J connectivity index is 2.65. The molecule has 0 aromatic heterocycles. The van der Waals surface area contributed by atoms with Gasteiger partial charge in [-0.25, -0.2) is 0 Å². The first-order valence-electron chi connectivity index (χ1n) is 5.16. The number of hydrogen-bond acceptors (Lipinski definition) is 2. The Morgan fingerprint density at radius 1 is 1.53 bits per heavy atom. The van der Waals surface area contributed by atoms with E-state index >= 15 is 0 Å². The second kappa shape index (κ2) is 4.40. The summed E-state index contributed by atoms with van der Waals surface area (Å²) in [5, 5.41) is 11.4. The van der Waals surface area contributed by atoms with E-state index in [0.717, 1.165) is 19.3 Å². The van der Waals surface area contributed by atoms with Crippen molar-refractivity contribution in [2.24, 2.45) is 5.92 Å². The van der Waals surface area contributed by atoms with Crippen molar-refractivity contribution < 1.29 is 13.2 Å². The molecule has 86 valence electrons. The van der Waals surface area contributed by atoms with Gasteiger partial charge in [0.15, 0.2) is 0 Å². The van der Waals surface area contributed by atoms with Gasteiger partial charge in [0.25, 0.3) is 0 Å². The Labute approximate surface area is 87.5 Å². The third-order valence-electron chi connectivity index (χ3n) is 3.12. The number of nitrogens with zero attached hydrogens (tertiary/aromatic N) is 1. The van der Waals surface area contributed by atoms with Crippen molar-refractivity contribution in [2.45, 2.75) is 44.3 Å². The molecular formula is C10H15F3N2. The fraction of sp³-hybridized carbons (Fsp3) is 0.900. The molecule has 2 unspecified atom stereocenters. The molecule has 0 aromatic rings. The summed E-state index contributed by atoms with van der Waals surface area (Å²) in [6, 6.07) is 2.04. The predicted octanol–water partition coefficient (Wildman–Crippen LogP) is 2.61. The number of rotatable bonds is 3. The van der Waals surface area contributed by atoms with Crippen LogP contribution in [0.25, 0.3) is 0 Å². The molecule has 5 heteroatoms. The zero-order valence-electron chi connectivity index (χ0n) is 8.69. The Hall–Kier alpha value is -0.760. The maximum atomic E-state index is 12.1. The minimum absolute atomic E-state index is 0.0462. The standard InChI is InChI=1S/C10H15F3N2/c1-2-8-4-3-5-9(8,6-14)15-7-10(11,12)13/h8,15H,2-5,7H2,1H3. The number of nitriles is 1. The zero-order valence-corrected chi connectivity index (χ0v) is 8.69. The molecule has 1 aliphatic rings. The van der Waals surface area contributed by atoms with Gasteiger partial charge in [0.2, 0.25) is 0 Å². The molecule has 2 nitrogen and oxygen atoms in total. The molecule has 0 aliphatic heterocycles. The molecule has 0 spiro atoms. The van der Waals surface area contributed by atoms with Crippen LogP contribution >= 0.6 is 0 Å². The van der Waals surface area contributed by atoms with Crippen LogP contribution in [0.2, 0.25) is 0 Å². The molecule has 1 rings (SSSR count). The van der Waals surface area contributed by atoms with Crippen LogP contribution in [-0.2, 0) is 0 Å². The first kappa shape index (κ1) is 12.3. The molecule has 1 saturated carbocycles. The molecule has 0 radical (unpaired) electrons. The van der Waals surface area contributed by atoms with Crippen LogP contribution in [0.1, 0.15) is 32.6 Å². The molecular weight excluding hydrogens is 205 g/mol. The van der Waals surface area contributed by atoms with E-state index in [1.165, 1.54) is 0 Å². The highest BCUT2D eigenvalue weighted by Crippen LogP contribution is 2.37. The first-order valence-corrected chi connectivity index (χ1v) is 5.16. The number of nitrogens with one attached hydrogen (secondary N) is 1. The van der Waals surface area contributed by atoms with Gasteiger partial charge in [-0.15, -0.1) is 0 Å². The van der Waals surface area contributed by atoms with Crippen molar-refractivity contribution in [3.8, 4) is 6.07 Å². The Kier molecular flexibility index (Phi) is 3.61. The number of alkyl halides is 3. The lowest BCUT2D eigenvalue weighted by atomic mass is 9.86. The van der Waals surface area contributed by atoms with Crippen LogP contribution in [0, 0.1) is 17.2 Å². The van der Waals surface area contributed by atoms with Crippen LogP contribution in [-0.4, -0.2) is 18.3 Å². The van der Waals surface area contributed by atoms with Gasteiger partial charge in [0.05, 0.1) is 12.6 Å². The minimum Gasteiger partial charge on any atom is -0.291 e. The highest BCUT2D eigenvalue weighted by Gasteiger charge is 2.44. The van der Waals surface area contributed by atoms with Crippen LogP contribution in [0.15, 0.2) is 0 Å². The quantitative estimate of drug-likeness (QED) is 0.793. The average Bonchev–Trinajstić information content (AvgIpc) is 2.57. The summed E-state index contributed by atoms with van der Waals surface area (Å²) in [5.41, 5.74) is -0.954. The molecule has 0 aromatic carbocycles. The molecule has 0 amide bonds. The third kappa shape index (κ3) is 2.85. The van der Waals surface area contributed by atoms with E-state index in [4.69, 9.17) is 5.26 Å². The molecule has 1 N–H and O–H groups in total. The number of hydrogen-bond donors (Lipinski definition) is 1. The van der Waals surface area contributed by atoms with E-state index < -0.39 is 18.3 Å². The summed E-state index contributed by atoms with van der Waals surface area (Å²) in [6.45, 7) is 0.842. The summed E-state index contributed by atoms with van der Waals surface area (Å²) in [6.07, 6.45) is -1.30. The fourth-order valence-corrected chi connectivity index (χ4v) is 2.31. The Morgan fingerprint density at radius 2 is 2.20 bits per heavy atom. The Morgan fingerprint density at radius 3 is 2.67 bits per heavy atom. The van der Waals surface area contributed by atoms with Crippen molar-refractivity contribution in [2.75, 3.05) is 6.54 Å². The Bertz CT molecular complexity index is 256. The highest BCUT2D eigenvalue weighted by molar-refractivity contribution is 5.14. The smallest absolute Gasteiger partial charge is 0.291 e. The predicted molar refractivity (Wildman–Crippen MR) is 50.0 cm³/mol. The van der Waals surface area contributed by atoms with Crippen LogP contribution < -0.4 is 5.32 Å². The van der Waals surface area contributed by atoms with Crippen molar-refractivity contribution in [3.05, 3.63) is 0 Å². The third-order valence-corrected chi connectivity index (χ3v) is 3.12. The van der Waals surface area contributed by atoms with Gasteiger partial charge in [0, 0.05) is 0 Å². The monoisotopic (exact) mass is 220 g/mol. The topological polar surface area (TPSA) is 35.8 Å². The molecule has 0 bridgehead atoms. The largest absolute Gasteiger partial charge is 0.401 e. The molecule has 15 heavy (non-hydrogen) atoms. The van der Waals surface area contributed by atoms with Gasteiger partial charge >= 0.3 is 6.18 Å². The number of halogens is 3. The van der Waals surface area contributed by atoms with Gasteiger partial charge in [-0.2, -0.15) is 18.4 Å². The van der Waals surface area contributed by atoms with Gasteiger partial charge in [-0.3, -0.25) is 5.32 Å². The summed E-state index contributed by atoms with van der Waals surface area (Å²) in [4.78, 5) is 0. The molecule has 1 aliphatic carbocycles. The van der Waals surface area contributed by atoms with Gasteiger partial charge in [-0.05, 0) is 18.8 Å². The lowest BCUT2D eigenvalue weighted by Crippen LogP contribution is -2.50. The van der Waals surface area contributed by atoms with Crippen molar-refractivity contribution in [1.29, 1.82) is 5.26 Å². The SMILES string of the molecule is CCC1CCCC1(C#N)NCC(F)(F)F. The summed E-state index contributed by atoms with van der Waals surface area (Å²) >= 11 is 0. The summed E-state index contributed by atoms with van der Waals surface area (Å²) in [7, 11) is 0. The van der Waals surface area contributed by atoms with E-state index in [9.17, 15) is 13.2 Å². The van der Waals surface area contributed by atoms with Gasteiger partial charge in [-0.1, -0.05) is 19.8 Å². The van der Waals surface area contributed by atoms with E-state index in [1.54, 1.807) is 0 Å². The maximum absolute atomic E-state index is 12.1. The minimum atomic E-state index is -4.25.